The third kappa shape index (κ3) is 5.16. The Labute approximate surface area is 182 Å². The maximum atomic E-state index is 13.8. The van der Waals surface area contributed by atoms with Gasteiger partial charge in [0.05, 0.1) is 11.4 Å². The number of rotatable bonds is 5. The predicted molar refractivity (Wildman–Crippen MR) is 118 cm³/mol. The summed E-state index contributed by atoms with van der Waals surface area (Å²) in [7, 11) is 0. The van der Waals surface area contributed by atoms with Gasteiger partial charge in [0.15, 0.2) is 0 Å². The van der Waals surface area contributed by atoms with E-state index in [2.05, 4.69) is 9.97 Å². The summed E-state index contributed by atoms with van der Waals surface area (Å²) in [4.78, 5) is 8.63. The minimum Gasteiger partial charge on any atom is -0.255 e. The molecular weight excluding hydrogens is 416 g/mol. The summed E-state index contributed by atoms with van der Waals surface area (Å²) in [5, 5.41) is 0. The van der Waals surface area contributed by atoms with E-state index in [0.29, 0.717) is 11.4 Å². The second kappa shape index (κ2) is 9.39. The molecule has 0 fully saturated rings. The molecule has 0 N–H and O–H groups in total. The summed E-state index contributed by atoms with van der Waals surface area (Å²) < 4.78 is 54.3. The first-order valence-corrected chi connectivity index (χ1v) is 9.67. The lowest BCUT2D eigenvalue weighted by Crippen LogP contribution is -1.89. The Morgan fingerprint density at radius 3 is 1.38 bits per heavy atom. The van der Waals surface area contributed by atoms with Crippen molar-refractivity contribution in [3.05, 3.63) is 119 Å². The van der Waals surface area contributed by atoms with Crippen molar-refractivity contribution in [2.45, 2.75) is 0 Å². The van der Waals surface area contributed by atoms with E-state index in [1.807, 2.05) is 0 Å². The summed E-state index contributed by atoms with van der Waals surface area (Å²) in [6.07, 6.45) is 9.45. The third-order valence-electron chi connectivity index (χ3n) is 4.66. The Hall–Kier alpha value is -4.06. The standard InChI is InChI=1S/C26H16F4N2/c27-21-5-7-23(29)19(15-21)3-1-17-9-11-31-25(13-17)26-14-18(10-12-32-26)2-4-20-16-22(28)6-8-24(20)30/h1-16H/b3-1+,4-2+. The molecule has 0 aliphatic carbocycles. The van der Waals surface area contributed by atoms with Crippen LogP contribution in [0.2, 0.25) is 0 Å². The normalized spacial score (nSPS) is 11.5. The van der Waals surface area contributed by atoms with Gasteiger partial charge in [-0.05, 0) is 71.8 Å². The Morgan fingerprint density at radius 1 is 0.500 bits per heavy atom. The molecule has 0 saturated heterocycles. The van der Waals surface area contributed by atoms with Gasteiger partial charge in [-0.25, -0.2) is 17.6 Å². The van der Waals surface area contributed by atoms with Gasteiger partial charge in [-0.2, -0.15) is 0 Å². The van der Waals surface area contributed by atoms with Gasteiger partial charge >= 0.3 is 0 Å². The molecular formula is C26H16F4N2. The molecule has 0 bridgehead atoms. The van der Waals surface area contributed by atoms with Crippen LogP contribution in [0.1, 0.15) is 22.3 Å². The SMILES string of the molecule is Fc1ccc(F)c(/C=C/c2ccnc(-c3cc(/C=C/c4cc(F)ccc4F)ccn3)c2)c1. The Morgan fingerprint density at radius 2 is 0.938 bits per heavy atom. The van der Waals surface area contributed by atoms with E-state index < -0.39 is 23.3 Å². The van der Waals surface area contributed by atoms with Crippen LogP contribution in [0.25, 0.3) is 35.7 Å². The number of halogens is 4. The minimum absolute atomic E-state index is 0.137. The van der Waals surface area contributed by atoms with Crippen LogP contribution >= 0.6 is 0 Å². The largest absolute Gasteiger partial charge is 0.255 e. The van der Waals surface area contributed by atoms with E-state index in [4.69, 9.17) is 0 Å². The molecule has 2 heterocycles. The Bertz CT molecular complexity index is 1230. The molecule has 2 nitrogen and oxygen atoms in total. The molecule has 32 heavy (non-hydrogen) atoms. The maximum absolute atomic E-state index is 13.8. The molecule has 0 saturated carbocycles. The van der Waals surface area contributed by atoms with Crippen LogP contribution in [0.15, 0.2) is 73.1 Å². The average molecular weight is 432 g/mol. The third-order valence-corrected chi connectivity index (χ3v) is 4.66. The Balaban J connectivity index is 1.58. The summed E-state index contributed by atoms with van der Waals surface area (Å²) in [6.45, 7) is 0. The fraction of sp³-hybridized carbons (Fsp3) is 0. The molecule has 0 unspecified atom stereocenters. The van der Waals surface area contributed by atoms with Gasteiger partial charge < -0.3 is 0 Å². The maximum Gasteiger partial charge on any atom is 0.130 e. The fourth-order valence-electron chi connectivity index (χ4n) is 3.04. The quantitative estimate of drug-likeness (QED) is 0.316. The van der Waals surface area contributed by atoms with Crippen molar-refractivity contribution in [2.75, 3.05) is 0 Å². The molecule has 0 atom stereocenters. The summed E-state index contributed by atoms with van der Waals surface area (Å²) in [6, 6.07) is 13.5. The molecule has 0 aliphatic heterocycles. The number of aromatic nitrogens is 2. The van der Waals surface area contributed by atoms with Crippen molar-refractivity contribution in [3.63, 3.8) is 0 Å². The highest BCUT2D eigenvalue weighted by atomic mass is 19.1. The summed E-state index contributed by atoms with van der Waals surface area (Å²) >= 11 is 0. The molecule has 0 aliphatic rings. The van der Waals surface area contributed by atoms with Crippen LogP contribution in [0.4, 0.5) is 17.6 Å². The molecule has 0 amide bonds. The summed E-state index contributed by atoms with van der Waals surface area (Å²) in [5.74, 6) is -2.08. The number of benzene rings is 2. The predicted octanol–water partition coefficient (Wildman–Crippen LogP) is 7.04. The van der Waals surface area contributed by atoms with Crippen LogP contribution < -0.4 is 0 Å². The van der Waals surface area contributed by atoms with Crippen molar-refractivity contribution in [2.24, 2.45) is 0 Å². The molecule has 4 aromatic rings. The van der Waals surface area contributed by atoms with Crippen molar-refractivity contribution in [1.82, 2.24) is 9.97 Å². The van der Waals surface area contributed by atoms with E-state index in [-0.39, 0.29) is 11.1 Å². The van der Waals surface area contributed by atoms with Gasteiger partial charge in [-0.1, -0.05) is 24.3 Å². The van der Waals surface area contributed by atoms with Crippen LogP contribution in [-0.4, -0.2) is 9.97 Å². The van der Waals surface area contributed by atoms with Gasteiger partial charge in [-0.15, -0.1) is 0 Å². The highest BCUT2D eigenvalue weighted by Crippen LogP contribution is 2.20. The van der Waals surface area contributed by atoms with Crippen molar-refractivity contribution >= 4 is 24.3 Å². The van der Waals surface area contributed by atoms with Gasteiger partial charge in [0.25, 0.3) is 0 Å². The smallest absolute Gasteiger partial charge is 0.130 e. The molecule has 2 aromatic carbocycles. The highest BCUT2D eigenvalue weighted by Gasteiger charge is 2.05. The molecule has 158 valence electrons. The topological polar surface area (TPSA) is 25.8 Å². The first-order chi connectivity index (χ1) is 15.5. The van der Waals surface area contributed by atoms with Crippen molar-refractivity contribution < 1.29 is 17.6 Å². The van der Waals surface area contributed by atoms with Crippen LogP contribution in [0.3, 0.4) is 0 Å². The molecule has 0 spiro atoms. The average Bonchev–Trinajstić information content (AvgIpc) is 2.80. The van der Waals surface area contributed by atoms with Gasteiger partial charge in [0.2, 0.25) is 0 Å². The number of hydrogen-bond acceptors (Lipinski definition) is 2. The van der Waals surface area contributed by atoms with Gasteiger partial charge in [0, 0.05) is 23.5 Å². The first-order valence-electron chi connectivity index (χ1n) is 9.67. The van der Waals surface area contributed by atoms with E-state index in [1.54, 1.807) is 48.8 Å². The molecule has 2 aromatic heterocycles. The zero-order valence-corrected chi connectivity index (χ0v) is 16.6. The van der Waals surface area contributed by atoms with E-state index >= 15 is 0 Å². The van der Waals surface area contributed by atoms with Gasteiger partial charge in [-0.3, -0.25) is 9.97 Å². The zero-order chi connectivity index (χ0) is 22.5. The van der Waals surface area contributed by atoms with Crippen molar-refractivity contribution in [1.29, 1.82) is 0 Å². The second-order valence-electron chi connectivity index (χ2n) is 6.95. The highest BCUT2D eigenvalue weighted by molar-refractivity contribution is 5.74. The van der Waals surface area contributed by atoms with Crippen LogP contribution in [-0.2, 0) is 0 Å². The van der Waals surface area contributed by atoms with Crippen LogP contribution in [0.5, 0.6) is 0 Å². The number of hydrogen-bond donors (Lipinski definition) is 0. The zero-order valence-electron chi connectivity index (χ0n) is 16.6. The van der Waals surface area contributed by atoms with E-state index in [1.165, 1.54) is 12.2 Å². The minimum atomic E-state index is -0.521. The lowest BCUT2D eigenvalue weighted by molar-refractivity contribution is 0.598. The second-order valence-corrected chi connectivity index (χ2v) is 6.95. The van der Waals surface area contributed by atoms with Gasteiger partial charge in [0.1, 0.15) is 23.3 Å². The fourth-order valence-corrected chi connectivity index (χ4v) is 3.04. The monoisotopic (exact) mass is 432 g/mol. The first kappa shape index (κ1) is 21.2. The van der Waals surface area contributed by atoms with Crippen molar-refractivity contribution in [3.8, 4) is 11.4 Å². The van der Waals surface area contributed by atoms with E-state index in [0.717, 1.165) is 47.5 Å². The van der Waals surface area contributed by atoms with Crippen LogP contribution in [0, 0.1) is 23.3 Å². The number of nitrogens with zero attached hydrogens (tertiary/aromatic N) is 2. The molecule has 0 radical (unpaired) electrons. The molecule has 4 rings (SSSR count). The molecule has 6 heteroatoms. The van der Waals surface area contributed by atoms with E-state index in [9.17, 15) is 17.6 Å². The Kier molecular flexibility index (Phi) is 6.22. The lowest BCUT2D eigenvalue weighted by atomic mass is 10.1. The lowest BCUT2D eigenvalue weighted by Gasteiger charge is -2.03. The summed E-state index contributed by atoms with van der Waals surface area (Å²) in [5.41, 5.74) is 2.86. The number of pyridine rings is 2.